The summed E-state index contributed by atoms with van der Waals surface area (Å²) in [6.45, 7) is 8.01. The first kappa shape index (κ1) is 10.7. The van der Waals surface area contributed by atoms with Crippen LogP contribution in [-0.2, 0) is 4.84 Å². The number of rotatable bonds is 4. The highest BCUT2D eigenvalue weighted by Crippen LogP contribution is 2.18. The Morgan fingerprint density at radius 3 is 3.07 bits per heavy atom. The molecule has 1 aliphatic heterocycles. The lowest BCUT2D eigenvalue weighted by atomic mass is 10.1. The molecular formula is C10H15N3O. The minimum Gasteiger partial charge on any atom is -0.255 e. The third-order valence-electron chi connectivity index (χ3n) is 1.90. The summed E-state index contributed by atoms with van der Waals surface area (Å²) >= 11 is 0. The number of nitrogens with zero attached hydrogens (tertiary/aromatic N) is 3. The summed E-state index contributed by atoms with van der Waals surface area (Å²) in [7, 11) is 0. The van der Waals surface area contributed by atoms with E-state index in [0.29, 0.717) is 6.61 Å². The molecule has 0 radical (unpaired) electrons. The maximum absolute atomic E-state index is 5.25. The van der Waals surface area contributed by atoms with E-state index in [0.717, 1.165) is 0 Å². The van der Waals surface area contributed by atoms with Gasteiger partial charge in [0.05, 0.1) is 6.61 Å². The second-order valence-electron chi connectivity index (χ2n) is 2.91. The fraction of sp³-hybridized carbons (Fsp3) is 0.500. The van der Waals surface area contributed by atoms with E-state index in [1.165, 1.54) is 5.17 Å². The lowest BCUT2D eigenvalue weighted by Gasteiger charge is -2.18. The molecule has 2 unspecified atom stereocenters. The molecule has 0 fully saturated rings. The van der Waals surface area contributed by atoms with Gasteiger partial charge in [0.2, 0.25) is 0 Å². The summed E-state index contributed by atoms with van der Waals surface area (Å²) in [4.78, 5) is 5.25. The maximum Gasteiger partial charge on any atom is 0.116 e. The molecule has 0 aromatic carbocycles. The Labute approximate surface area is 84.2 Å². The van der Waals surface area contributed by atoms with Gasteiger partial charge >= 0.3 is 0 Å². The van der Waals surface area contributed by atoms with Crippen molar-refractivity contribution in [2.24, 2.45) is 10.3 Å². The van der Waals surface area contributed by atoms with Gasteiger partial charge in [-0.25, -0.2) is 0 Å². The summed E-state index contributed by atoms with van der Waals surface area (Å²) < 4.78 is 0. The van der Waals surface area contributed by atoms with Crippen molar-refractivity contribution in [2.75, 3.05) is 6.61 Å². The van der Waals surface area contributed by atoms with Crippen molar-refractivity contribution in [1.29, 1.82) is 0 Å². The molecule has 0 aromatic heterocycles. The molecule has 0 N–H and O–H groups in total. The molecule has 0 saturated carbocycles. The summed E-state index contributed by atoms with van der Waals surface area (Å²) in [6.07, 6.45) is 5.56. The van der Waals surface area contributed by atoms with Crippen LogP contribution >= 0.6 is 0 Å². The molecule has 0 amide bonds. The standard InChI is InChI=1S/C10H15N3O/c1-4-6-7-8-10-9(3)13(12-11-10)14-5-2/h6-10H,1,5H2,2-3H3/b8-7-. The highest BCUT2D eigenvalue weighted by atomic mass is 16.7. The minimum atomic E-state index is 0.0474. The Morgan fingerprint density at radius 2 is 2.43 bits per heavy atom. The van der Waals surface area contributed by atoms with Gasteiger partial charge in [-0.15, -0.1) is 10.9 Å². The van der Waals surface area contributed by atoms with Crippen LogP contribution < -0.4 is 0 Å². The van der Waals surface area contributed by atoms with Crippen molar-refractivity contribution in [3.8, 4) is 0 Å². The highest BCUT2D eigenvalue weighted by molar-refractivity contribution is 5.07. The second-order valence-corrected chi connectivity index (χ2v) is 2.91. The first-order chi connectivity index (χ1) is 6.79. The fourth-order valence-electron chi connectivity index (χ4n) is 1.13. The number of allylic oxidation sites excluding steroid dienone is 2. The molecule has 1 aliphatic rings. The molecule has 1 heterocycles. The van der Waals surface area contributed by atoms with Gasteiger partial charge < -0.3 is 0 Å². The topological polar surface area (TPSA) is 37.2 Å². The molecule has 0 aliphatic carbocycles. The third-order valence-corrected chi connectivity index (χ3v) is 1.90. The fourth-order valence-corrected chi connectivity index (χ4v) is 1.13. The van der Waals surface area contributed by atoms with E-state index in [1.807, 2.05) is 26.0 Å². The molecule has 4 heteroatoms. The largest absolute Gasteiger partial charge is 0.255 e. The van der Waals surface area contributed by atoms with Crippen molar-refractivity contribution >= 4 is 0 Å². The Morgan fingerprint density at radius 1 is 1.64 bits per heavy atom. The van der Waals surface area contributed by atoms with Crippen LogP contribution in [0.5, 0.6) is 0 Å². The van der Waals surface area contributed by atoms with Gasteiger partial charge in [0, 0.05) is 0 Å². The number of hydrogen-bond donors (Lipinski definition) is 0. The van der Waals surface area contributed by atoms with Crippen molar-refractivity contribution < 1.29 is 4.84 Å². The third kappa shape index (κ3) is 2.55. The summed E-state index contributed by atoms with van der Waals surface area (Å²) in [5.74, 6) is 0. The smallest absolute Gasteiger partial charge is 0.116 e. The van der Waals surface area contributed by atoms with Crippen molar-refractivity contribution in [1.82, 2.24) is 5.17 Å². The van der Waals surface area contributed by atoms with Crippen LogP contribution in [0, 0.1) is 0 Å². The molecule has 4 nitrogen and oxygen atoms in total. The van der Waals surface area contributed by atoms with Crippen LogP contribution in [0.1, 0.15) is 13.8 Å². The Kier molecular flexibility index (Phi) is 4.11. The average Bonchev–Trinajstić information content (AvgIpc) is 2.51. The second kappa shape index (κ2) is 5.37. The van der Waals surface area contributed by atoms with E-state index >= 15 is 0 Å². The molecule has 0 saturated heterocycles. The normalized spacial score (nSPS) is 25.7. The van der Waals surface area contributed by atoms with Crippen LogP contribution in [0.3, 0.4) is 0 Å². The molecule has 76 valence electrons. The monoisotopic (exact) mass is 193 g/mol. The van der Waals surface area contributed by atoms with Gasteiger partial charge in [-0.3, -0.25) is 4.84 Å². The van der Waals surface area contributed by atoms with Crippen LogP contribution in [0.2, 0.25) is 0 Å². The molecule has 2 atom stereocenters. The van der Waals surface area contributed by atoms with Crippen molar-refractivity contribution in [2.45, 2.75) is 25.9 Å². The number of hydroxylamine groups is 1. The molecule has 0 spiro atoms. The zero-order valence-corrected chi connectivity index (χ0v) is 8.55. The van der Waals surface area contributed by atoms with Crippen molar-refractivity contribution in [3.05, 3.63) is 30.5 Å². The lowest BCUT2D eigenvalue weighted by Crippen LogP contribution is -2.30. The summed E-state index contributed by atoms with van der Waals surface area (Å²) in [5.41, 5.74) is 2.66. The van der Waals surface area contributed by atoms with E-state index in [1.54, 1.807) is 6.08 Å². The first-order valence-electron chi connectivity index (χ1n) is 4.65. The quantitative estimate of drug-likeness (QED) is 0.507. The van der Waals surface area contributed by atoms with Gasteiger partial charge in [-0.2, -0.15) is 5.11 Å². The summed E-state index contributed by atoms with van der Waals surface area (Å²) in [5, 5.41) is 9.50. The first-order valence-corrected chi connectivity index (χ1v) is 4.65. The predicted molar refractivity (Wildman–Crippen MR) is 54.4 cm³/mol. The number of hydrogen-bond acceptors (Lipinski definition) is 4. The highest BCUT2D eigenvalue weighted by Gasteiger charge is 2.26. The SMILES string of the molecule is C=C=C/C=C\C1N=NN(OCC)C1C. The maximum atomic E-state index is 5.25. The van der Waals surface area contributed by atoms with E-state index in [4.69, 9.17) is 4.84 Å². The van der Waals surface area contributed by atoms with Gasteiger partial charge in [0.1, 0.15) is 12.1 Å². The zero-order valence-electron chi connectivity index (χ0n) is 8.55. The van der Waals surface area contributed by atoms with Gasteiger partial charge in [0.25, 0.3) is 0 Å². The summed E-state index contributed by atoms with van der Waals surface area (Å²) in [6, 6.07) is 0.190. The average molecular weight is 193 g/mol. The van der Waals surface area contributed by atoms with E-state index in [9.17, 15) is 0 Å². The van der Waals surface area contributed by atoms with Crippen LogP contribution in [0.15, 0.2) is 40.9 Å². The molecule has 1 rings (SSSR count). The molecule has 0 bridgehead atoms. The van der Waals surface area contributed by atoms with Crippen LogP contribution in [0.4, 0.5) is 0 Å². The van der Waals surface area contributed by atoms with Gasteiger partial charge in [-0.1, -0.05) is 18.7 Å². The van der Waals surface area contributed by atoms with E-state index in [2.05, 4.69) is 22.6 Å². The van der Waals surface area contributed by atoms with Crippen LogP contribution in [-0.4, -0.2) is 23.9 Å². The lowest BCUT2D eigenvalue weighted by molar-refractivity contribution is -0.171. The van der Waals surface area contributed by atoms with Gasteiger partial charge in [0.15, 0.2) is 0 Å². The molecular weight excluding hydrogens is 178 g/mol. The van der Waals surface area contributed by atoms with Crippen molar-refractivity contribution in [3.63, 3.8) is 0 Å². The predicted octanol–water partition coefficient (Wildman–Crippen LogP) is 2.28. The molecule has 0 aromatic rings. The van der Waals surface area contributed by atoms with E-state index in [-0.39, 0.29) is 12.1 Å². The van der Waals surface area contributed by atoms with Gasteiger partial charge in [-0.05, 0) is 25.1 Å². The Bertz CT molecular complexity index is 279. The minimum absolute atomic E-state index is 0.0474. The van der Waals surface area contributed by atoms with E-state index < -0.39 is 0 Å². The Balaban J connectivity index is 2.51. The molecule has 14 heavy (non-hydrogen) atoms. The van der Waals surface area contributed by atoms with Crippen LogP contribution in [0.25, 0.3) is 0 Å². The Hall–Kier alpha value is -1.38. The zero-order chi connectivity index (χ0) is 10.4.